The summed E-state index contributed by atoms with van der Waals surface area (Å²) >= 11 is 0. The van der Waals surface area contributed by atoms with Crippen molar-refractivity contribution in [3.63, 3.8) is 0 Å². The minimum absolute atomic E-state index is 0.272. The van der Waals surface area contributed by atoms with Crippen LogP contribution < -0.4 is 5.32 Å². The third-order valence-electron chi connectivity index (χ3n) is 3.28. The Bertz CT molecular complexity index is 157. The molecule has 0 aliphatic rings. The summed E-state index contributed by atoms with van der Waals surface area (Å²) in [6, 6.07) is 0. The topological polar surface area (TPSA) is 12.0 Å². The largest absolute Gasteiger partial charge is 0.312 e. The lowest BCUT2D eigenvalue weighted by Gasteiger charge is -2.23. The van der Waals surface area contributed by atoms with E-state index in [0.717, 1.165) is 5.92 Å². The molecule has 0 saturated carbocycles. The van der Waals surface area contributed by atoms with Crippen molar-refractivity contribution in [2.45, 2.75) is 91.5 Å². The fraction of sp³-hybridized carbons (Fsp3) is 1.00. The first-order valence-corrected chi connectivity index (χ1v) is 7.70. The van der Waals surface area contributed by atoms with Crippen LogP contribution in [0.5, 0.6) is 0 Å². The van der Waals surface area contributed by atoms with Gasteiger partial charge in [-0.2, -0.15) is 0 Å². The maximum absolute atomic E-state index is 3.59. The van der Waals surface area contributed by atoms with Crippen molar-refractivity contribution in [2.75, 3.05) is 6.54 Å². The molecule has 0 aliphatic carbocycles. The Morgan fingerprint density at radius 2 is 1.41 bits per heavy atom. The van der Waals surface area contributed by atoms with E-state index in [4.69, 9.17) is 0 Å². The molecule has 0 rings (SSSR count). The monoisotopic (exact) mass is 241 g/mol. The molecule has 1 nitrogen and oxygen atoms in total. The molecule has 1 atom stereocenters. The van der Waals surface area contributed by atoms with Crippen molar-refractivity contribution in [3.8, 4) is 0 Å². The highest BCUT2D eigenvalue weighted by Gasteiger charge is 2.10. The van der Waals surface area contributed by atoms with Crippen molar-refractivity contribution in [1.82, 2.24) is 5.32 Å². The van der Waals surface area contributed by atoms with E-state index >= 15 is 0 Å². The van der Waals surface area contributed by atoms with Gasteiger partial charge in [-0.15, -0.1) is 0 Å². The Labute approximate surface area is 110 Å². The second kappa shape index (κ2) is 9.94. The summed E-state index contributed by atoms with van der Waals surface area (Å²) in [4.78, 5) is 0. The van der Waals surface area contributed by atoms with E-state index < -0.39 is 0 Å². The third kappa shape index (κ3) is 13.9. The van der Waals surface area contributed by atoms with E-state index in [2.05, 4.69) is 39.9 Å². The normalized spacial score (nSPS) is 13.9. The van der Waals surface area contributed by atoms with Gasteiger partial charge in [0.15, 0.2) is 0 Å². The highest BCUT2D eigenvalue weighted by molar-refractivity contribution is 4.71. The van der Waals surface area contributed by atoms with Gasteiger partial charge in [0.25, 0.3) is 0 Å². The van der Waals surface area contributed by atoms with Crippen LogP contribution in [0.2, 0.25) is 0 Å². The van der Waals surface area contributed by atoms with Crippen molar-refractivity contribution in [3.05, 3.63) is 0 Å². The lowest BCUT2D eigenvalue weighted by Crippen LogP contribution is -2.38. The van der Waals surface area contributed by atoms with Gasteiger partial charge < -0.3 is 5.32 Å². The second-order valence-corrected chi connectivity index (χ2v) is 6.65. The first-order chi connectivity index (χ1) is 7.95. The van der Waals surface area contributed by atoms with Gasteiger partial charge >= 0.3 is 0 Å². The van der Waals surface area contributed by atoms with Crippen LogP contribution in [0.1, 0.15) is 86.0 Å². The van der Waals surface area contributed by atoms with Crippen LogP contribution in [0.3, 0.4) is 0 Å². The molecule has 0 aromatic heterocycles. The average molecular weight is 241 g/mol. The van der Waals surface area contributed by atoms with Crippen molar-refractivity contribution in [1.29, 1.82) is 0 Å². The quantitative estimate of drug-likeness (QED) is 0.521. The molecule has 0 heterocycles. The molecule has 0 aliphatic heterocycles. The molecule has 0 fully saturated rings. The van der Waals surface area contributed by atoms with Gasteiger partial charge in [0.05, 0.1) is 0 Å². The summed E-state index contributed by atoms with van der Waals surface area (Å²) in [6.07, 6.45) is 11.3. The molecule has 1 heteroatoms. The standard InChI is InChI=1S/C16H35N/c1-6-7-8-9-10-11-12-13-15(2)14-17-16(3,4)5/h15,17H,6-14H2,1-5H3. The zero-order chi connectivity index (χ0) is 13.1. The Morgan fingerprint density at radius 3 is 1.94 bits per heavy atom. The zero-order valence-electron chi connectivity index (χ0n) is 12.9. The highest BCUT2D eigenvalue weighted by Crippen LogP contribution is 2.13. The highest BCUT2D eigenvalue weighted by atomic mass is 14.9. The molecule has 1 N–H and O–H groups in total. The zero-order valence-corrected chi connectivity index (χ0v) is 12.9. The fourth-order valence-electron chi connectivity index (χ4n) is 2.03. The van der Waals surface area contributed by atoms with Gasteiger partial charge in [0.1, 0.15) is 0 Å². The van der Waals surface area contributed by atoms with Gasteiger partial charge in [0.2, 0.25) is 0 Å². The molecule has 0 aromatic rings. The van der Waals surface area contributed by atoms with Gasteiger partial charge in [-0.1, -0.05) is 58.8 Å². The van der Waals surface area contributed by atoms with E-state index in [1.165, 1.54) is 57.9 Å². The predicted molar refractivity (Wildman–Crippen MR) is 79.5 cm³/mol. The van der Waals surface area contributed by atoms with E-state index in [-0.39, 0.29) is 5.54 Å². The van der Waals surface area contributed by atoms with Crippen LogP contribution in [0.25, 0.3) is 0 Å². The van der Waals surface area contributed by atoms with Crippen LogP contribution in [0.4, 0.5) is 0 Å². The smallest absolute Gasteiger partial charge is 0.00966 e. The van der Waals surface area contributed by atoms with Crippen molar-refractivity contribution < 1.29 is 0 Å². The van der Waals surface area contributed by atoms with Crippen LogP contribution in [0.15, 0.2) is 0 Å². The number of hydrogen-bond acceptors (Lipinski definition) is 1. The molecule has 0 bridgehead atoms. The minimum atomic E-state index is 0.272. The van der Waals surface area contributed by atoms with E-state index in [1.807, 2.05) is 0 Å². The van der Waals surface area contributed by atoms with Crippen LogP contribution in [-0.4, -0.2) is 12.1 Å². The second-order valence-electron chi connectivity index (χ2n) is 6.65. The minimum Gasteiger partial charge on any atom is -0.312 e. The lowest BCUT2D eigenvalue weighted by molar-refractivity contribution is 0.365. The molecule has 0 spiro atoms. The van der Waals surface area contributed by atoms with Crippen LogP contribution in [0, 0.1) is 5.92 Å². The molecular formula is C16H35N. The Morgan fingerprint density at radius 1 is 0.882 bits per heavy atom. The summed E-state index contributed by atoms with van der Waals surface area (Å²) in [5, 5.41) is 3.59. The summed E-state index contributed by atoms with van der Waals surface area (Å²) in [5.41, 5.74) is 0.272. The number of unbranched alkanes of at least 4 members (excludes halogenated alkanes) is 6. The number of nitrogens with one attached hydrogen (secondary N) is 1. The van der Waals surface area contributed by atoms with E-state index in [1.54, 1.807) is 0 Å². The Balaban J connectivity index is 3.25. The Kier molecular flexibility index (Phi) is 9.91. The summed E-state index contributed by atoms with van der Waals surface area (Å²) in [6.45, 7) is 12.5. The first kappa shape index (κ1) is 17.0. The molecule has 0 saturated heterocycles. The summed E-state index contributed by atoms with van der Waals surface area (Å²) in [7, 11) is 0. The average Bonchev–Trinajstić information content (AvgIpc) is 2.24. The summed E-state index contributed by atoms with van der Waals surface area (Å²) in [5.74, 6) is 0.824. The molecular weight excluding hydrogens is 206 g/mol. The molecule has 104 valence electrons. The van der Waals surface area contributed by atoms with Gasteiger partial charge in [-0.3, -0.25) is 0 Å². The number of hydrogen-bond donors (Lipinski definition) is 1. The predicted octanol–water partition coefficient (Wildman–Crippen LogP) is 5.15. The van der Waals surface area contributed by atoms with Crippen molar-refractivity contribution in [2.24, 2.45) is 5.92 Å². The van der Waals surface area contributed by atoms with Gasteiger partial charge in [-0.25, -0.2) is 0 Å². The fourth-order valence-corrected chi connectivity index (χ4v) is 2.03. The van der Waals surface area contributed by atoms with Gasteiger partial charge in [-0.05, 0) is 39.7 Å². The maximum atomic E-state index is 3.59. The summed E-state index contributed by atoms with van der Waals surface area (Å²) < 4.78 is 0. The lowest BCUT2D eigenvalue weighted by atomic mass is 10.00. The SMILES string of the molecule is CCCCCCCCCC(C)CNC(C)(C)C. The maximum Gasteiger partial charge on any atom is 0.00966 e. The van der Waals surface area contributed by atoms with Gasteiger partial charge in [0, 0.05) is 5.54 Å². The first-order valence-electron chi connectivity index (χ1n) is 7.70. The molecule has 0 radical (unpaired) electrons. The van der Waals surface area contributed by atoms with Crippen LogP contribution >= 0.6 is 0 Å². The Hall–Kier alpha value is -0.0400. The van der Waals surface area contributed by atoms with E-state index in [9.17, 15) is 0 Å². The van der Waals surface area contributed by atoms with Crippen LogP contribution in [-0.2, 0) is 0 Å². The van der Waals surface area contributed by atoms with E-state index in [0.29, 0.717) is 0 Å². The van der Waals surface area contributed by atoms with Crippen molar-refractivity contribution >= 4 is 0 Å². The molecule has 1 unspecified atom stereocenters. The molecule has 0 amide bonds. The third-order valence-corrected chi connectivity index (χ3v) is 3.28. The molecule has 0 aromatic carbocycles. The molecule has 17 heavy (non-hydrogen) atoms. The number of rotatable bonds is 10.